The maximum atomic E-state index is 12.2. The van der Waals surface area contributed by atoms with Gasteiger partial charge in [0.05, 0.1) is 0 Å². The smallest absolute Gasteiger partial charge is 0.339 e. The second-order valence-electron chi connectivity index (χ2n) is 4.57. The molecule has 0 radical (unpaired) electrons. The predicted octanol–water partition coefficient (Wildman–Crippen LogP) is 3.38. The van der Waals surface area contributed by atoms with Crippen LogP contribution < -0.4 is 4.18 Å². The van der Waals surface area contributed by atoms with Crippen LogP contribution >= 0.6 is 0 Å². The lowest BCUT2D eigenvalue weighted by Gasteiger charge is -2.11. The number of hydrogen-bond acceptors (Lipinski definition) is 3. The summed E-state index contributed by atoms with van der Waals surface area (Å²) in [5.74, 6) is 0.406. The van der Waals surface area contributed by atoms with Crippen LogP contribution in [0.25, 0.3) is 0 Å². The van der Waals surface area contributed by atoms with Gasteiger partial charge >= 0.3 is 10.1 Å². The molecule has 0 bridgehead atoms. The summed E-state index contributed by atoms with van der Waals surface area (Å²) in [4.78, 5) is 0.167. The van der Waals surface area contributed by atoms with Crippen molar-refractivity contribution >= 4 is 10.1 Å². The molecule has 0 aromatic heterocycles. The van der Waals surface area contributed by atoms with E-state index >= 15 is 0 Å². The van der Waals surface area contributed by atoms with Gasteiger partial charge in [-0.2, -0.15) is 8.42 Å². The van der Waals surface area contributed by atoms with E-state index in [9.17, 15) is 8.42 Å². The molecule has 0 unspecified atom stereocenters. The lowest BCUT2D eigenvalue weighted by molar-refractivity contribution is 0.482. The SMILES string of the molecule is Cc1ccc(S(=O)(=O)Oc2c(C)cccc2C)cc1. The van der Waals surface area contributed by atoms with E-state index < -0.39 is 10.1 Å². The molecule has 0 saturated heterocycles. The van der Waals surface area contributed by atoms with E-state index in [0.717, 1.165) is 16.7 Å². The van der Waals surface area contributed by atoms with Gasteiger partial charge in [-0.25, -0.2) is 0 Å². The van der Waals surface area contributed by atoms with Crippen LogP contribution in [0.5, 0.6) is 5.75 Å². The molecule has 0 aliphatic carbocycles. The molecular weight excluding hydrogens is 260 g/mol. The maximum absolute atomic E-state index is 12.2. The van der Waals surface area contributed by atoms with Crippen LogP contribution in [0.2, 0.25) is 0 Å². The first-order valence-corrected chi connectivity index (χ1v) is 7.38. The number of hydrogen-bond donors (Lipinski definition) is 0. The van der Waals surface area contributed by atoms with Crippen LogP contribution in [0, 0.1) is 20.8 Å². The number of benzene rings is 2. The van der Waals surface area contributed by atoms with Gasteiger partial charge in [0.25, 0.3) is 0 Å². The largest absolute Gasteiger partial charge is 0.378 e. The minimum atomic E-state index is -3.78. The van der Waals surface area contributed by atoms with Crippen LogP contribution in [0.4, 0.5) is 0 Å². The van der Waals surface area contributed by atoms with E-state index in [-0.39, 0.29) is 4.90 Å². The molecule has 100 valence electrons. The van der Waals surface area contributed by atoms with Crippen molar-refractivity contribution in [2.75, 3.05) is 0 Å². The quantitative estimate of drug-likeness (QED) is 0.807. The first-order chi connectivity index (χ1) is 8.90. The Labute approximate surface area is 114 Å². The van der Waals surface area contributed by atoms with E-state index in [1.165, 1.54) is 0 Å². The zero-order chi connectivity index (χ0) is 14.0. The molecule has 2 aromatic carbocycles. The van der Waals surface area contributed by atoms with Gasteiger partial charge in [-0.05, 0) is 44.0 Å². The molecule has 4 heteroatoms. The van der Waals surface area contributed by atoms with E-state index in [0.29, 0.717) is 5.75 Å². The zero-order valence-electron chi connectivity index (χ0n) is 11.2. The Morgan fingerprint density at radius 3 is 1.89 bits per heavy atom. The Morgan fingerprint density at radius 1 is 0.842 bits per heavy atom. The first kappa shape index (κ1) is 13.6. The summed E-state index contributed by atoms with van der Waals surface area (Å²) in [5, 5.41) is 0. The first-order valence-electron chi connectivity index (χ1n) is 5.97. The third-order valence-corrected chi connectivity index (χ3v) is 4.15. The standard InChI is InChI=1S/C15H16O3S/c1-11-7-9-14(10-8-11)19(16,17)18-15-12(2)5-4-6-13(15)3/h4-10H,1-3H3. The van der Waals surface area contributed by atoms with Crippen molar-refractivity contribution in [1.29, 1.82) is 0 Å². The molecule has 0 aliphatic rings. The predicted molar refractivity (Wildman–Crippen MR) is 74.9 cm³/mol. The zero-order valence-corrected chi connectivity index (χ0v) is 12.0. The van der Waals surface area contributed by atoms with Gasteiger partial charge in [-0.15, -0.1) is 0 Å². The Bertz CT molecular complexity index is 666. The lowest BCUT2D eigenvalue weighted by Crippen LogP contribution is -2.11. The summed E-state index contributed by atoms with van der Waals surface area (Å²) in [6, 6.07) is 12.1. The minimum absolute atomic E-state index is 0.167. The number of aryl methyl sites for hydroxylation is 3. The van der Waals surface area contributed by atoms with E-state index in [4.69, 9.17) is 4.18 Å². The Morgan fingerprint density at radius 2 is 1.37 bits per heavy atom. The van der Waals surface area contributed by atoms with E-state index in [2.05, 4.69) is 0 Å². The highest BCUT2D eigenvalue weighted by Gasteiger charge is 2.18. The number of para-hydroxylation sites is 1. The molecule has 0 fully saturated rings. The van der Waals surface area contributed by atoms with Gasteiger partial charge in [-0.3, -0.25) is 0 Å². The molecule has 0 spiro atoms. The Balaban J connectivity index is 2.39. The molecule has 0 aliphatic heterocycles. The normalized spacial score (nSPS) is 11.3. The van der Waals surface area contributed by atoms with E-state index in [1.807, 2.05) is 39.0 Å². The van der Waals surface area contributed by atoms with Crippen LogP contribution in [0.3, 0.4) is 0 Å². The summed E-state index contributed by atoms with van der Waals surface area (Å²) >= 11 is 0. The maximum Gasteiger partial charge on any atom is 0.339 e. The van der Waals surface area contributed by atoms with E-state index in [1.54, 1.807) is 24.3 Å². The highest BCUT2D eigenvalue weighted by Crippen LogP contribution is 2.26. The summed E-state index contributed by atoms with van der Waals surface area (Å²) < 4.78 is 29.7. The van der Waals surface area contributed by atoms with Crippen molar-refractivity contribution in [2.24, 2.45) is 0 Å². The molecule has 3 nitrogen and oxygen atoms in total. The van der Waals surface area contributed by atoms with Gasteiger partial charge in [0, 0.05) is 0 Å². The van der Waals surface area contributed by atoms with Crippen molar-refractivity contribution in [2.45, 2.75) is 25.7 Å². The van der Waals surface area contributed by atoms with Gasteiger partial charge in [-0.1, -0.05) is 35.9 Å². The summed E-state index contributed by atoms with van der Waals surface area (Å²) in [7, 11) is -3.78. The summed E-state index contributed by atoms with van der Waals surface area (Å²) in [5.41, 5.74) is 2.61. The minimum Gasteiger partial charge on any atom is -0.378 e. The molecule has 2 rings (SSSR count). The lowest BCUT2D eigenvalue weighted by atomic mass is 10.1. The molecule has 0 atom stereocenters. The van der Waals surface area contributed by atoms with Gasteiger partial charge < -0.3 is 4.18 Å². The molecular formula is C15H16O3S. The molecule has 0 N–H and O–H groups in total. The van der Waals surface area contributed by atoms with Crippen LogP contribution in [-0.4, -0.2) is 8.42 Å². The average Bonchev–Trinajstić information content (AvgIpc) is 2.35. The summed E-state index contributed by atoms with van der Waals surface area (Å²) in [6.07, 6.45) is 0. The van der Waals surface area contributed by atoms with Gasteiger partial charge in [0.15, 0.2) is 0 Å². The van der Waals surface area contributed by atoms with Gasteiger partial charge in [0.2, 0.25) is 0 Å². The second-order valence-corrected chi connectivity index (χ2v) is 6.12. The van der Waals surface area contributed by atoms with Crippen molar-refractivity contribution in [3.8, 4) is 5.75 Å². The Hall–Kier alpha value is -1.81. The van der Waals surface area contributed by atoms with Crippen LogP contribution in [-0.2, 0) is 10.1 Å². The fraction of sp³-hybridized carbons (Fsp3) is 0.200. The van der Waals surface area contributed by atoms with Crippen molar-refractivity contribution in [1.82, 2.24) is 0 Å². The Kier molecular flexibility index (Phi) is 3.62. The van der Waals surface area contributed by atoms with Crippen molar-refractivity contribution in [3.05, 3.63) is 59.2 Å². The average molecular weight is 276 g/mol. The molecule has 2 aromatic rings. The monoisotopic (exact) mass is 276 g/mol. The fourth-order valence-electron chi connectivity index (χ4n) is 1.79. The van der Waals surface area contributed by atoms with Crippen molar-refractivity contribution < 1.29 is 12.6 Å². The van der Waals surface area contributed by atoms with Gasteiger partial charge in [0.1, 0.15) is 10.6 Å². The highest BCUT2D eigenvalue weighted by atomic mass is 32.2. The van der Waals surface area contributed by atoms with Crippen LogP contribution in [0.1, 0.15) is 16.7 Å². The third kappa shape index (κ3) is 2.96. The molecule has 0 saturated carbocycles. The third-order valence-electron chi connectivity index (χ3n) is 2.91. The second kappa shape index (κ2) is 5.05. The molecule has 0 amide bonds. The number of rotatable bonds is 3. The van der Waals surface area contributed by atoms with Crippen molar-refractivity contribution in [3.63, 3.8) is 0 Å². The molecule has 19 heavy (non-hydrogen) atoms. The topological polar surface area (TPSA) is 43.4 Å². The van der Waals surface area contributed by atoms with Crippen LogP contribution in [0.15, 0.2) is 47.4 Å². The fourth-order valence-corrected chi connectivity index (χ4v) is 2.84. The highest BCUT2D eigenvalue weighted by molar-refractivity contribution is 7.87. The molecule has 0 heterocycles. The summed E-state index contributed by atoms with van der Waals surface area (Å²) in [6.45, 7) is 5.56.